The molecule has 1 fully saturated rings. The molecule has 30 heavy (non-hydrogen) atoms. The van der Waals surface area contributed by atoms with Gasteiger partial charge in [-0.1, -0.05) is 24.8 Å². The van der Waals surface area contributed by atoms with Crippen LogP contribution in [-0.4, -0.2) is 57.5 Å². The molecule has 1 N–H and O–H groups in total. The van der Waals surface area contributed by atoms with Crippen molar-refractivity contribution in [3.05, 3.63) is 82.9 Å². The maximum absolute atomic E-state index is 14.2. The normalized spacial score (nSPS) is 20.2. The molecule has 158 valence electrons. The fraction of sp³-hybridized carbons (Fsp3) is 0.286. The van der Waals surface area contributed by atoms with Crippen LogP contribution in [-0.2, 0) is 11.3 Å². The Hall–Kier alpha value is -3.30. The van der Waals surface area contributed by atoms with E-state index in [1.54, 1.807) is 13.0 Å². The van der Waals surface area contributed by atoms with Crippen LogP contribution >= 0.6 is 0 Å². The Morgan fingerprint density at radius 3 is 2.87 bits per heavy atom. The molecule has 0 aliphatic carbocycles. The Balaban J connectivity index is 1.76. The average Bonchev–Trinajstić information content (AvgIpc) is 3.00. The molecule has 8 nitrogen and oxygen atoms in total. The SMILES string of the molecule is C=C/C=C(\C(F)=C/C)c1ccc(=O)n(CC(=O)NC2=CC3N(C)CN(C)N3C=C2)n1. The van der Waals surface area contributed by atoms with Crippen molar-refractivity contribution < 1.29 is 9.18 Å². The molecule has 1 aromatic heterocycles. The van der Waals surface area contributed by atoms with Crippen LogP contribution in [0.15, 0.2) is 71.6 Å². The predicted molar refractivity (Wildman–Crippen MR) is 113 cm³/mol. The van der Waals surface area contributed by atoms with Gasteiger partial charge in [-0.05, 0) is 32.2 Å². The third-order valence-corrected chi connectivity index (χ3v) is 4.80. The van der Waals surface area contributed by atoms with Crippen LogP contribution in [0, 0.1) is 0 Å². The minimum atomic E-state index is -0.496. The van der Waals surface area contributed by atoms with Crippen molar-refractivity contribution in [2.24, 2.45) is 0 Å². The van der Waals surface area contributed by atoms with Crippen LogP contribution in [0.4, 0.5) is 4.39 Å². The van der Waals surface area contributed by atoms with Crippen LogP contribution in [0.25, 0.3) is 5.57 Å². The van der Waals surface area contributed by atoms with Gasteiger partial charge in [0.15, 0.2) is 0 Å². The Morgan fingerprint density at radius 2 is 2.17 bits per heavy atom. The fourth-order valence-corrected chi connectivity index (χ4v) is 3.35. The van der Waals surface area contributed by atoms with Gasteiger partial charge >= 0.3 is 0 Å². The summed E-state index contributed by atoms with van der Waals surface area (Å²) in [7, 11) is 3.97. The van der Waals surface area contributed by atoms with E-state index in [9.17, 15) is 14.0 Å². The van der Waals surface area contributed by atoms with Gasteiger partial charge in [-0.2, -0.15) is 5.10 Å². The largest absolute Gasteiger partial charge is 0.325 e. The van der Waals surface area contributed by atoms with E-state index in [4.69, 9.17) is 0 Å². The van der Waals surface area contributed by atoms with Gasteiger partial charge in [-0.3, -0.25) is 19.5 Å². The maximum Gasteiger partial charge on any atom is 0.267 e. The van der Waals surface area contributed by atoms with E-state index in [0.29, 0.717) is 5.70 Å². The topological polar surface area (TPSA) is 73.7 Å². The maximum atomic E-state index is 14.2. The summed E-state index contributed by atoms with van der Waals surface area (Å²) in [6.45, 7) is 5.61. The smallest absolute Gasteiger partial charge is 0.267 e. The van der Waals surface area contributed by atoms with Gasteiger partial charge < -0.3 is 5.32 Å². The van der Waals surface area contributed by atoms with Crippen molar-refractivity contribution in [1.29, 1.82) is 0 Å². The van der Waals surface area contributed by atoms with Gasteiger partial charge in [-0.15, -0.1) is 0 Å². The van der Waals surface area contributed by atoms with E-state index in [2.05, 4.69) is 31.9 Å². The lowest BCUT2D eigenvalue weighted by Crippen LogP contribution is -2.39. The van der Waals surface area contributed by atoms with Crippen molar-refractivity contribution in [1.82, 2.24) is 30.0 Å². The standard InChI is InChI=1S/C21H25FN6O2/c1-5-7-16(17(22)6-2)18-8-9-21(30)27(24-18)13-19(29)23-15-10-11-28-20(12-15)25(3)14-26(28)4/h5-12,20H,1,13-14H2,2-4H3,(H,23,29)/b16-7+,17-6+. The summed E-state index contributed by atoms with van der Waals surface area (Å²) in [6, 6.07) is 2.68. The van der Waals surface area contributed by atoms with Gasteiger partial charge in [0.05, 0.1) is 12.4 Å². The summed E-state index contributed by atoms with van der Waals surface area (Å²) >= 11 is 0. The molecular weight excluding hydrogens is 387 g/mol. The predicted octanol–water partition coefficient (Wildman–Crippen LogP) is 1.59. The summed E-state index contributed by atoms with van der Waals surface area (Å²) in [4.78, 5) is 26.8. The molecule has 9 heteroatoms. The number of nitrogens with one attached hydrogen (secondary N) is 1. The number of rotatable bonds is 6. The Bertz CT molecular complexity index is 1020. The number of carbonyl (C=O) groups excluding carboxylic acids is 1. The summed E-state index contributed by atoms with van der Waals surface area (Å²) in [5.74, 6) is -0.898. The van der Waals surface area contributed by atoms with Crippen LogP contribution in [0.2, 0.25) is 0 Å². The van der Waals surface area contributed by atoms with Crippen molar-refractivity contribution in [3.63, 3.8) is 0 Å². The number of hydrazine groups is 1. The lowest BCUT2D eigenvalue weighted by Gasteiger charge is -2.29. The minimum Gasteiger partial charge on any atom is -0.325 e. The molecule has 2 aliphatic heterocycles. The van der Waals surface area contributed by atoms with E-state index in [-0.39, 0.29) is 24.0 Å². The molecule has 0 aromatic carbocycles. The number of amides is 1. The zero-order valence-corrected chi connectivity index (χ0v) is 17.2. The summed E-state index contributed by atoms with van der Waals surface area (Å²) < 4.78 is 15.2. The molecule has 2 aliphatic rings. The summed E-state index contributed by atoms with van der Waals surface area (Å²) in [6.07, 6.45) is 9.82. The average molecular weight is 412 g/mol. The number of nitrogens with zero attached hydrogens (tertiary/aromatic N) is 5. The number of hydrogen-bond donors (Lipinski definition) is 1. The first-order chi connectivity index (χ1) is 14.3. The Morgan fingerprint density at radius 1 is 1.40 bits per heavy atom. The highest BCUT2D eigenvalue weighted by Crippen LogP contribution is 2.23. The fourth-order valence-electron chi connectivity index (χ4n) is 3.35. The van der Waals surface area contributed by atoms with Gasteiger partial charge in [0.25, 0.3) is 5.56 Å². The van der Waals surface area contributed by atoms with E-state index in [1.165, 1.54) is 30.4 Å². The number of halogens is 1. The van der Waals surface area contributed by atoms with E-state index in [0.717, 1.165) is 11.4 Å². The first kappa shape index (κ1) is 21.4. The third kappa shape index (κ3) is 4.47. The van der Waals surface area contributed by atoms with Gasteiger partial charge in [0, 0.05) is 30.6 Å². The second-order valence-corrected chi connectivity index (χ2v) is 7.00. The highest BCUT2D eigenvalue weighted by molar-refractivity contribution is 5.78. The van der Waals surface area contributed by atoms with Gasteiger partial charge in [0.2, 0.25) is 5.91 Å². The summed E-state index contributed by atoms with van der Waals surface area (Å²) in [5, 5.41) is 11.1. The molecule has 0 radical (unpaired) electrons. The molecule has 1 aromatic rings. The zero-order valence-electron chi connectivity index (χ0n) is 17.2. The minimum absolute atomic E-state index is 0.00915. The van der Waals surface area contributed by atoms with Crippen molar-refractivity contribution in [2.75, 3.05) is 20.8 Å². The molecule has 3 rings (SSSR count). The van der Waals surface area contributed by atoms with Gasteiger partial charge in [-0.25, -0.2) is 14.1 Å². The lowest BCUT2D eigenvalue weighted by molar-refractivity contribution is -0.121. The van der Waals surface area contributed by atoms with E-state index < -0.39 is 17.3 Å². The third-order valence-electron chi connectivity index (χ3n) is 4.80. The molecule has 1 unspecified atom stereocenters. The molecule has 1 atom stereocenters. The van der Waals surface area contributed by atoms with Crippen LogP contribution in [0.3, 0.4) is 0 Å². The first-order valence-electron chi connectivity index (χ1n) is 9.47. The van der Waals surface area contributed by atoms with Crippen LogP contribution in [0.5, 0.6) is 0 Å². The highest BCUT2D eigenvalue weighted by atomic mass is 19.1. The van der Waals surface area contributed by atoms with Crippen LogP contribution < -0.4 is 10.9 Å². The Kier molecular flexibility index (Phi) is 6.43. The molecule has 1 saturated heterocycles. The van der Waals surface area contributed by atoms with Gasteiger partial charge in [0.1, 0.15) is 18.5 Å². The second-order valence-electron chi connectivity index (χ2n) is 7.00. The number of hydrogen-bond acceptors (Lipinski definition) is 6. The van der Waals surface area contributed by atoms with Crippen LogP contribution in [0.1, 0.15) is 12.6 Å². The first-order valence-corrected chi connectivity index (χ1v) is 9.47. The van der Waals surface area contributed by atoms with Crippen molar-refractivity contribution in [3.8, 4) is 0 Å². The quantitative estimate of drug-likeness (QED) is 0.716. The number of likely N-dealkylation sites (N-methyl/N-ethyl adjacent to an activating group) is 1. The molecule has 1 amide bonds. The lowest BCUT2D eigenvalue weighted by atomic mass is 10.1. The number of fused-ring (bicyclic) bond motifs is 1. The molecule has 0 bridgehead atoms. The monoisotopic (exact) mass is 412 g/mol. The van der Waals surface area contributed by atoms with E-state index >= 15 is 0 Å². The highest BCUT2D eigenvalue weighted by Gasteiger charge is 2.32. The molecule has 3 heterocycles. The number of aromatic nitrogens is 2. The Labute approximate surface area is 174 Å². The number of carbonyl (C=O) groups is 1. The molecule has 0 spiro atoms. The number of allylic oxidation sites excluding steroid dienone is 6. The summed E-state index contributed by atoms with van der Waals surface area (Å²) in [5.41, 5.74) is 0.609. The van der Waals surface area contributed by atoms with Crippen molar-refractivity contribution >= 4 is 11.5 Å². The van der Waals surface area contributed by atoms with E-state index in [1.807, 2.05) is 26.4 Å². The van der Waals surface area contributed by atoms with Crippen molar-refractivity contribution in [2.45, 2.75) is 19.6 Å². The molecule has 0 saturated carbocycles. The molecular formula is C21H25FN6O2. The zero-order chi connectivity index (χ0) is 21.8. The second kappa shape index (κ2) is 9.02.